The van der Waals surface area contributed by atoms with Gasteiger partial charge in [-0.1, -0.05) is 0 Å². The molecule has 1 fully saturated rings. The first-order chi connectivity index (χ1) is 12.6. The summed E-state index contributed by atoms with van der Waals surface area (Å²) < 4.78 is 0.822. The number of pyridine rings is 1. The Bertz CT molecular complexity index is 932. The molecule has 134 valence electrons. The van der Waals surface area contributed by atoms with Gasteiger partial charge in [-0.2, -0.15) is 0 Å². The molecule has 0 saturated carbocycles. The number of carbonyl (C=O) groups is 1. The maximum Gasteiger partial charge on any atom is 0.258 e. The molecule has 26 heavy (non-hydrogen) atoms. The van der Waals surface area contributed by atoms with E-state index in [4.69, 9.17) is 5.73 Å². The lowest BCUT2D eigenvalue weighted by molar-refractivity contribution is 0.100. The molecule has 0 radical (unpaired) electrons. The first-order valence-electron chi connectivity index (χ1n) is 8.31. The summed E-state index contributed by atoms with van der Waals surface area (Å²) in [5.74, 6) is 0.655. The second kappa shape index (κ2) is 6.85. The Balaban J connectivity index is 1.48. The molecule has 3 aromatic heterocycles. The predicted molar refractivity (Wildman–Crippen MR) is 103 cm³/mol. The predicted octanol–water partition coefficient (Wildman–Crippen LogP) is 1.68. The quantitative estimate of drug-likeness (QED) is 0.721. The Kier molecular flexibility index (Phi) is 4.39. The molecule has 3 N–H and O–H groups in total. The van der Waals surface area contributed by atoms with Crippen LogP contribution in [0.1, 0.15) is 9.67 Å². The highest BCUT2D eigenvalue weighted by Gasteiger charge is 2.14. The first-order valence-corrected chi connectivity index (χ1v) is 9.13. The third-order valence-corrected chi connectivity index (χ3v) is 5.44. The SMILES string of the molecule is CN1CCN(c2ccc(Nc3ncc4sc(C(N)=O)cc4n3)nc2)CC1. The number of fused-ring (bicyclic) bond motifs is 1. The van der Waals surface area contributed by atoms with E-state index in [9.17, 15) is 4.79 Å². The first kappa shape index (κ1) is 16.7. The molecular weight excluding hydrogens is 350 g/mol. The van der Waals surface area contributed by atoms with Gasteiger partial charge in [0.1, 0.15) is 5.82 Å². The van der Waals surface area contributed by atoms with Gasteiger partial charge in [-0.05, 0) is 25.2 Å². The number of thiophene rings is 1. The Morgan fingerprint density at radius 1 is 1.19 bits per heavy atom. The largest absolute Gasteiger partial charge is 0.368 e. The topological polar surface area (TPSA) is 100 Å². The number of rotatable bonds is 4. The van der Waals surface area contributed by atoms with Crippen molar-refractivity contribution >= 4 is 44.9 Å². The zero-order valence-corrected chi connectivity index (χ0v) is 15.2. The van der Waals surface area contributed by atoms with Crippen molar-refractivity contribution in [3.8, 4) is 0 Å². The highest BCUT2D eigenvalue weighted by molar-refractivity contribution is 7.20. The number of likely N-dealkylation sites (N-methyl/N-ethyl adjacent to an activating group) is 1. The number of aromatic nitrogens is 3. The van der Waals surface area contributed by atoms with Crippen molar-refractivity contribution in [2.45, 2.75) is 0 Å². The van der Waals surface area contributed by atoms with Crippen LogP contribution < -0.4 is 16.0 Å². The van der Waals surface area contributed by atoms with Gasteiger partial charge in [-0.3, -0.25) is 4.79 Å². The lowest BCUT2D eigenvalue weighted by Crippen LogP contribution is -2.44. The molecule has 3 aromatic rings. The number of anilines is 3. The van der Waals surface area contributed by atoms with E-state index >= 15 is 0 Å². The Morgan fingerprint density at radius 3 is 2.69 bits per heavy atom. The van der Waals surface area contributed by atoms with Crippen molar-refractivity contribution in [2.24, 2.45) is 5.73 Å². The number of primary amides is 1. The van der Waals surface area contributed by atoms with Gasteiger partial charge in [0, 0.05) is 26.2 Å². The molecule has 1 saturated heterocycles. The highest BCUT2D eigenvalue weighted by Crippen LogP contribution is 2.25. The standard InChI is InChI=1S/C17H19N7OS/c1-23-4-6-24(7-5-23)11-2-3-15(19-9-11)22-17-20-10-14-12(21-17)8-13(26-14)16(18)25/h2-3,8-10H,4-7H2,1H3,(H2,18,25)(H,19,20,21,22). The van der Waals surface area contributed by atoms with E-state index in [2.05, 4.69) is 43.2 Å². The van der Waals surface area contributed by atoms with Gasteiger partial charge < -0.3 is 20.9 Å². The number of hydrogen-bond acceptors (Lipinski definition) is 8. The molecule has 1 aliphatic rings. The molecule has 0 aromatic carbocycles. The minimum Gasteiger partial charge on any atom is -0.368 e. The van der Waals surface area contributed by atoms with Gasteiger partial charge >= 0.3 is 0 Å². The molecule has 9 heteroatoms. The normalized spacial score (nSPS) is 15.3. The lowest BCUT2D eigenvalue weighted by Gasteiger charge is -2.33. The number of carbonyl (C=O) groups excluding carboxylic acids is 1. The van der Waals surface area contributed by atoms with Crippen molar-refractivity contribution in [1.29, 1.82) is 0 Å². The van der Waals surface area contributed by atoms with E-state index in [1.165, 1.54) is 11.3 Å². The average Bonchev–Trinajstić information content (AvgIpc) is 3.07. The van der Waals surface area contributed by atoms with E-state index in [0.717, 1.165) is 36.6 Å². The Labute approximate surface area is 154 Å². The third-order valence-electron chi connectivity index (χ3n) is 4.37. The second-order valence-electron chi connectivity index (χ2n) is 6.23. The van der Waals surface area contributed by atoms with Crippen LogP contribution in [0.15, 0.2) is 30.6 Å². The summed E-state index contributed by atoms with van der Waals surface area (Å²) in [6.45, 7) is 4.12. The molecule has 4 heterocycles. The number of nitrogens with two attached hydrogens (primary N) is 1. The molecule has 0 atom stereocenters. The molecule has 0 spiro atoms. The van der Waals surface area contributed by atoms with Gasteiger partial charge in [-0.15, -0.1) is 11.3 Å². The van der Waals surface area contributed by atoms with Gasteiger partial charge in [0.05, 0.1) is 33.2 Å². The molecule has 0 aliphatic carbocycles. The zero-order valence-electron chi connectivity index (χ0n) is 14.3. The molecule has 1 amide bonds. The summed E-state index contributed by atoms with van der Waals surface area (Å²) >= 11 is 1.29. The maximum absolute atomic E-state index is 11.3. The van der Waals surface area contributed by atoms with Gasteiger partial charge in [0.2, 0.25) is 5.95 Å². The minimum atomic E-state index is -0.455. The van der Waals surface area contributed by atoms with Gasteiger partial charge in [0.15, 0.2) is 0 Å². The third kappa shape index (κ3) is 3.44. The summed E-state index contributed by atoms with van der Waals surface area (Å²) in [5.41, 5.74) is 7.12. The molecule has 0 bridgehead atoms. The number of nitrogens with zero attached hydrogens (tertiary/aromatic N) is 5. The summed E-state index contributed by atoms with van der Waals surface area (Å²) in [4.78, 5) is 29.6. The maximum atomic E-state index is 11.3. The number of piperazine rings is 1. The molecular formula is C17H19N7OS. The van der Waals surface area contributed by atoms with Crippen LogP contribution in [0.3, 0.4) is 0 Å². The fraction of sp³-hybridized carbons (Fsp3) is 0.294. The van der Waals surface area contributed by atoms with Crippen LogP contribution in [0.4, 0.5) is 17.5 Å². The highest BCUT2D eigenvalue weighted by atomic mass is 32.1. The number of hydrogen-bond donors (Lipinski definition) is 2. The summed E-state index contributed by atoms with van der Waals surface area (Å²) in [7, 11) is 2.14. The van der Waals surface area contributed by atoms with E-state index in [1.54, 1.807) is 12.3 Å². The minimum absolute atomic E-state index is 0.436. The van der Waals surface area contributed by atoms with Crippen LogP contribution in [0, 0.1) is 0 Å². The van der Waals surface area contributed by atoms with E-state index in [1.807, 2.05) is 12.3 Å². The number of amides is 1. The fourth-order valence-corrected chi connectivity index (χ4v) is 3.67. The van der Waals surface area contributed by atoms with Crippen molar-refractivity contribution in [1.82, 2.24) is 19.9 Å². The van der Waals surface area contributed by atoms with Gasteiger partial charge in [0.25, 0.3) is 5.91 Å². The summed E-state index contributed by atoms with van der Waals surface area (Å²) in [6.07, 6.45) is 3.54. The van der Waals surface area contributed by atoms with Crippen molar-refractivity contribution in [3.63, 3.8) is 0 Å². The monoisotopic (exact) mass is 369 g/mol. The average molecular weight is 369 g/mol. The smallest absolute Gasteiger partial charge is 0.258 e. The molecule has 0 unspecified atom stereocenters. The molecule has 8 nitrogen and oxygen atoms in total. The number of nitrogens with one attached hydrogen (secondary N) is 1. The molecule has 4 rings (SSSR count). The van der Waals surface area contributed by atoms with E-state index in [-0.39, 0.29) is 0 Å². The van der Waals surface area contributed by atoms with Gasteiger partial charge in [-0.25, -0.2) is 15.0 Å². The van der Waals surface area contributed by atoms with E-state index in [0.29, 0.717) is 22.2 Å². The Morgan fingerprint density at radius 2 is 2.00 bits per heavy atom. The van der Waals surface area contributed by atoms with Crippen LogP contribution in [0.25, 0.3) is 10.2 Å². The van der Waals surface area contributed by atoms with Crippen LogP contribution in [-0.2, 0) is 0 Å². The van der Waals surface area contributed by atoms with Crippen LogP contribution >= 0.6 is 11.3 Å². The van der Waals surface area contributed by atoms with Crippen LogP contribution in [0.2, 0.25) is 0 Å². The summed E-state index contributed by atoms with van der Waals surface area (Å²) in [6, 6.07) is 5.65. The Hall–Kier alpha value is -2.78. The molecule has 1 aliphatic heterocycles. The van der Waals surface area contributed by atoms with E-state index < -0.39 is 5.91 Å². The second-order valence-corrected chi connectivity index (χ2v) is 7.32. The van der Waals surface area contributed by atoms with Crippen molar-refractivity contribution in [3.05, 3.63) is 35.5 Å². The fourth-order valence-electron chi connectivity index (χ4n) is 2.85. The van der Waals surface area contributed by atoms with Crippen LogP contribution in [-0.4, -0.2) is 59.0 Å². The van der Waals surface area contributed by atoms with Crippen molar-refractivity contribution < 1.29 is 4.79 Å². The van der Waals surface area contributed by atoms with Crippen molar-refractivity contribution in [2.75, 3.05) is 43.4 Å². The summed E-state index contributed by atoms with van der Waals surface area (Å²) in [5, 5.41) is 3.10. The lowest BCUT2D eigenvalue weighted by atomic mass is 10.3. The zero-order chi connectivity index (χ0) is 18.1. The van der Waals surface area contributed by atoms with Crippen LogP contribution in [0.5, 0.6) is 0 Å².